The van der Waals surface area contributed by atoms with Gasteiger partial charge in [-0.3, -0.25) is 0 Å². The van der Waals surface area contributed by atoms with Crippen molar-refractivity contribution in [1.29, 1.82) is 0 Å². The molecule has 4 aromatic heterocycles. The van der Waals surface area contributed by atoms with E-state index in [9.17, 15) is 0 Å². The molecule has 4 aromatic rings. The van der Waals surface area contributed by atoms with E-state index in [1.807, 2.05) is 43.3 Å². The van der Waals surface area contributed by atoms with E-state index in [-0.39, 0.29) is 0 Å². The van der Waals surface area contributed by atoms with Gasteiger partial charge in [-0.1, -0.05) is 0 Å². The summed E-state index contributed by atoms with van der Waals surface area (Å²) >= 11 is 0. The van der Waals surface area contributed by atoms with Crippen LogP contribution in [0, 0.1) is 6.92 Å². The summed E-state index contributed by atoms with van der Waals surface area (Å²) in [6.45, 7) is 5.34. The third-order valence-corrected chi connectivity index (χ3v) is 4.76. The summed E-state index contributed by atoms with van der Waals surface area (Å²) in [5.41, 5.74) is 1.51. The van der Waals surface area contributed by atoms with Crippen molar-refractivity contribution in [2.75, 3.05) is 36.0 Å². The number of fused-ring (bicyclic) bond motifs is 1. The highest BCUT2D eigenvalue weighted by Crippen LogP contribution is 2.21. The first kappa shape index (κ1) is 15.7. The molecule has 0 spiro atoms. The zero-order chi connectivity index (χ0) is 18.2. The van der Waals surface area contributed by atoms with Gasteiger partial charge in [-0.15, -0.1) is 25.5 Å². The zero-order valence-electron chi connectivity index (χ0n) is 14.9. The molecule has 0 N–H and O–H groups in total. The molecule has 0 bridgehead atoms. The van der Waals surface area contributed by atoms with Crippen LogP contribution in [0.25, 0.3) is 17.1 Å². The third kappa shape index (κ3) is 2.86. The third-order valence-electron chi connectivity index (χ3n) is 4.76. The van der Waals surface area contributed by atoms with E-state index in [4.69, 9.17) is 4.42 Å². The molecule has 9 heteroatoms. The predicted molar refractivity (Wildman–Crippen MR) is 99.7 cm³/mol. The van der Waals surface area contributed by atoms with Gasteiger partial charge in [0.2, 0.25) is 0 Å². The topological polar surface area (TPSA) is 88.5 Å². The van der Waals surface area contributed by atoms with Crippen LogP contribution in [0.2, 0.25) is 0 Å². The molecule has 9 nitrogen and oxygen atoms in total. The van der Waals surface area contributed by atoms with Crippen molar-refractivity contribution in [2.24, 2.45) is 0 Å². The summed E-state index contributed by atoms with van der Waals surface area (Å²) in [4.78, 5) is 4.50. The van der Waals surface area contributed by atoms with E-state index in [0.29, 0.717) is 0 Å². The molecular weight excluding hydrogens is 344 g/mol. The fraction of sp³-hybridized carbons (Fsp3) is 0.278. The summed E-state index contributed by atoms with van der Waals surface area (Å²) in [6, 6.07) is 11.6. The fourth-order valence-electron chi connectivity index (χ4n) is 3.27. The average molecular weight is 362 g/mol. The largest absolute Gasteiger partial charge is 0.463 e. The second-order valence-electron chi connectivity index (χ2n) is 6.44. The van der Waals surface area contributed by atoms with Gasteiger partial charge in [0.15, 0.2) is 23.0 Å². The van der Waals surface area contributed by atoms with Gasteiger partial charge in [0.05, 0.1) is 6.26 Å². The predicted octanol–water partition coefficient (Wildman–Crippen LogP) is 1.81. The first-order valence-corrected chi connectivity index (χ1v) is 8.84. The summed E-state index contributed by atoms with van der Waals surface area (Å²) in [5.74, 6) is 3.33. The number of hydrogen-bond donors (Lipinski definition) is 0. The van der Waals surface area contributed by atoms with Gasteiger partial charge in [-0.05, 0) is 43.3 Å². The summed E-state index contributed by atoms with van der Waals surface area (Å²) in [5, 5.41) is 21.4. The highest BCUT2D eigenvalue weighted by atomic mass is 16.3. The van der Waals surface area contributed by atoms with Crippen LogP contribution in [0.15, 0.2) is 47.1 Å². The maximum absolute atomic E-state index is 5.36. The van der Waals surface area contributed by atoms with Gasteiger partial charge in [0, 0.05) is 26.2 Å². The van der Waals surface area contributed by atoms with Gasteiger partial charge in [-0.25, -0.2) is 0 Å². The number of hydrogen-bond acceptors (Lipinski definition) is 8. The van der Waals surface area contributed by atoms with Crippen molar-refractivity contribution in [3.05, 3.63) is 48.5 Å². The SMILES string of the molecule is Cc1nnc2ccc(N3CCN(c4ccc(-c5ccco5)nn4)CC3)nn12. The first-order valence-electron chi connectivity index (χ1n) is 8.84. The van der Waals surface area contributed by atoms with E-state index in [1.54, 1.807) is 10.8 Å². The van der Waals surface area contributed by atoms with Gasteiger partial charge in [0.1, 0.15) is 11.5 Å². The molecule has 0 amide bonds. The lowest BCUT2D eigenvalue weighted by Gasteiger charge is -2.35. The first-order chi connectivity index (χ1) is 13.3. The molecule has 0 aliphatic carbocycles. The Bertz CT molecular complexity index is 1050. The highest BCUT2D eigenvalue weighted by Gasteiger charge is 2.20. The molecule has 5 heterocycles. The Labute approximate surface area is 155 Å². The molecule has 5 rings (SSSR count). The minimum absolute atomic E-state index is 0.727. The Hall–Kier alpha value is -3.49. The van der Waals surface area contributed by atoms with Crippen molar-refractivity contribution in [3.63, 3.8) is 0 Å². The van der Waals surface area contributed by atoms with Crippen LogP contribution in [0.4, 0.5) is 11.6 Å². The zero-order valence-corrected chi connectivity index (χ0v) is 14.9. The Morgan fingerprint density at radius 1 is 0.815 bits per heavy atom. The van der Waals surface area contributed by atoms with Crippen molar-refractivity contribution in [2.45, 2.75) is 6.92 Å². The Balaban J connectivity index is 1.28. The molecule has 1 aliphatic heterocycles. The summed E-state index contributed by atoms with van der Waals surface area (Å²) in [6.07, 6.45) is 1.64. The normalized spacial score (nSPS) is 14.9. The van der Waals surface area contributed by atoms with Gasteiger partial charge in [0.25, 0.3) is 0 Å². The van der Waals surface area contributed by atoms with Gasteiger partial charge >= 0.3 is 0 Å². The second-order valence-corrected chi connectivity index (χ2v) is 6.44. The monoisotopic (exact) mass is 362 g/mol. The van der Waals surface area contributed by atoms with Gasteiger partial charge in [-0.2, -0.15) is 4.52 Å². The number of nitrogens with zero attached hydrogens (tertiary/aromatic N) is 8. The van der Waals surface area contributed by atoms with E-state index in [2.05, 4.69) is 35.3 Å². The lowest BCUT2D eigenvalue weighted by Crippen LogP contribution is -2.47. The van der Waals surface area contributed by atoms with Crippen molar-refractivity contribution in [3.8, 4) is 11.5 Å². The standard InChI is InChI=1S/C18H18N8O/c1-13-19-22-17-6-7-18(23-26(13)17)25-10-8-24(9-11-25)16-5-4-14(20-21-16)15-3-2-12-27-15/h2-7,12H,8-11H2,1H3. The van der Waals surface area contributed by atoms with Crippen LogP contribution in [0.1, 0.15) is 5.82 Å². The maximum Gasteiger partial charge on any atom is 0.178 e. The summed E-state index contributed by atoms with van der Waals surface area (Å²) in [7, 11) is 0. The number of piperazine rings is 1. The molecule has 136 valence electrons. The lowest BCUT2D eigenvalue weighted by atomic mass is 10.2. The van der Waals surface area contributed by atoms with Crippen molar-refractivity contribution in [1.82, 2.24) is 30.0 Å². The van der Waals surface area contributed by atoms with E-state index < -0.39 is 0 Å². The molecule has 1 aliphatic rings. The van der Waals surface area contributed by atoms with Crippen molar-refractivity contribution >= 4 is 17.3 Å². The van der Waals surface area contributed by atoms with Crippen LogP contribution in [0.5, 0.6) is 0 Å². The minimum atomic E-state index is 0.727. The average Bonchev–Trinajstić information content (AvgIpc) is 3.39. The maximum atomic E-state index is 5.36. The van der Waals surface area contributed by atoms with Crippen LogP contribution in [-0.2, 0) is 0 Å². The van der Waals surface area contributed by atoms with Crippen LogP contribution in [-0.4, -0.2) is 56.2 Å². The van der Waals surface area contributed by atoms with Crippen molar-refractivity contribution < 1.29 is 4.42 Å². The molecule has 0 aromatic carbocycles. The lowest BCUT2D eigenvalue weighted by molar-refractivity contribution is 0.578. The molecule has 27 heavy (non-hydrogen) atoms. The number of rotatable bonds is 3. The van der Waals surface area contributed by atoms with E-state index in [1.165, 1.54) is 0 Å². The Kier molecular flexibility index (Phi) is 3.70. The van der Waals surface area contributed by atoms with E-state index >= 15 is 0 Å². The molecule has 1 saturated heterocycles. The molecule has 0 atom stereocenters. The molecular formula is C18H18N8O. The smallest absolute Gasteiger partial charge is 0.178 e. The number of aromatic nitrogens is 6. The van der Waals surface area contributed by atoms with Crippen LogP contribution < -0.4 is 9.80 Å². The number of aryl methyl sites for hydroxylation is 1. The number of anilines is 2. The molecule has 0 saturated carbocycles. The summed E-state index contributed by atoms with van der Waals surface area (Å²) < 4.78 is 7.14. The Morgan fingerprint density at radius 2 is 1.59 bits per heavy atom. The molecule has 1 fully saturated rings. The van der Waals surface area contributed by atoms with Crippen LogP contribution in [0.3, 0.4) is 0 Å². The minimum Gasteiger partial charge on any atom is -0.463 e. The quantitative estimate of drug-likeness (QED) is 0.545. The number of furan rings is 1. The fourth-order valence-corrected chi connectivity index (χ4v) is 3.27. The molecule has 0 radical (unpaired) electrons. The van der Waals surface area contributed by atoms with Crippen LogP contribution >= 0.6 is 0 Å². The van der Waals surface area contributed by atoms with E-state index in [0.717, 1.165) is 60.7 Å². The molecule has 0 unspecified atom stereocenters. The highest BCUT2D eigenvalue weighted by molar-refractivity contribution is 5.54. The Morgan fingerprint density at radius 3 is 2.30 bits per heavy atom. The second kappa shape index (κ2) is 6.35. The van der Waals surface area contributed by atoms with Gasteiger partial charge < -0.3 is 14.2 Å².